The molecule has 3 nitrogen and oxygen atoms in total. The van der Waals surface area contributed by atoms with E-state index in [0.29, 0.717) is 11.3 Å². The molecule has 0 saturated carbocycles. The van der Waals surface area contributed by atoms with E-state index in [1.807, 2.05) is 0 Å². The normalized spacial score (nSPS) is 9.64. The van der Waals surface area contributed by atoms with Crippen LogP contribution in [0.5, 0.6) is 0 Å². The summed E-state index contributed by atoms with van der Waals surface area (Å²) in [7, 11) is 6.61. The zero-order chi connectivity index (χ0) is 8.43. The van der Waals surface area contributed by atoms with Gasteiger partial charge in [0.1, 0.15) is 5.76 Å². The first kappa shape index (κ1) is 7.92. The van der Waals surface area contributed by atoms with Gasteiger partial charge in [-0.2, -0.15) is 0 Å². The maximum absolute atomic E-state index is 10.9. The molecule has 0 aliphatic heterocycles. The molecule has 0 bridgehead atoms. The van der Waals surface area contributed by atoms with Gasteiger partial charge in [-0.05, 0) is 13.0 Å². The van der Waals surface area contributed by atoms with E-state index in [4.69, 9.17) is 12.3 Å². The zero-order valence-electron chi connectivity index (χ0n) is 6.38. The minimum Gasteiger partial charge on any atom is -0.477 e. The number of ether oxygens (including phenoxy) is 1. The van der Waals surface area contributed by atoms with E-state index in [0.717, 1.165) is 0 Å². The molecule has 1 heterocycles. The molecule has 0 fully saturated rings. The average Bonchev–Trinajstić information content (AvgIpc) is 2.28. The van der Waals surface area contributed by atoms with Crippen LogP contribution in [0.3, 0.4) is 0 Å². The molecule has 4 heteroatoms. The van der Waals surface area contributed by atoms with Gasteiger partial charge in [-0.15, -0.1) is 0 Å². The van der Waals surface area contributed by atoms with Crippen LogP contribution in [0.2, 0.25) is 0 Å². The van der Waals surface area contributed by atoms with E-state index in [9.17, 15) is 4.79 Å². The summed E-state index contributed by atoms with van der Waals surface area (Å²) in [5, 5.41) is 0. The molecule has 0 unspecified atom stereocenters. The zero-order valence-corrected chi connectivity index (χ0v) is 6.38. The first-order valence-corrected chi connectivity index (χ1v) is 3.09. The Morgan fingerprint density at radius 2 is 2.36 bits per heavy atom. The van der Waals surface area contributed by atoms with Crippen LogP contribution < -0.4 is 5.66 Å². The van der Waals surface area contributed by atoms with Crippen molar-refractivity contribution in [2.75, 3.05) is 7.11 Å². The fourth-order valence-electron chi connectivity index (χ4n) is 0.818. The molecule has 1 rings (SSSR count). The molecule has 0 spiro atoms. The van der Waals surface area contributed by atoms with Crippen molar-refractivity contribution in [2.24, 2.45) is 0 Å². The van der Waals surface area contributed by atoms with E-state index in [2.05, 4.69) is 4.74 Å². The van der Waals surface area contributed by atoms with Crippen LogP contribution in [0.25, 0.3) is 0 Å². The van der Waals surface area contributed by atoms with Crippen molar-refractivity contribution in [2.45, 2.75) is 6.92 Å². The molecule has 0 aliphatic rings. The van der Waals surface area contributed by atoms with Crippen molar-refractivity contribution in [3.63, 3.8) is 0 Å². The summed E-state index contributed by atoms with van der Waals surface area (Å²) >= 11 is 0. The van der Waals surface area contributed by atoms with Gasteiger partial charge in [-0.3, -0.25) is 0 Å². The summed E-state index contributed by atoms with van der Waals surface area (Å²) in [4.78, 5) is 10.9. The van der Waals surface area contributed by atoms with E-state index >= 15 is 0 Å². The number of carbonyl (C=O) groups excluding carboxylic acids is 1. The Labute approximate surface area is 65.7 Å². The van der Waals surface area contributed by atoms with Gasteiger partial charge in [0.15, 0.2) is 7.85 Å². The van der Waals surface area contributed by atoms with Gasteiger partial charge >= 0.3 is 5.97 Å². The molecule has 0 saturated heterocycles. The molecule has 56 valence electrons. The van der Waals surface area contributed by atoms with Crippen molar-refractivity contribution in [3.8, 4) is 0 Å². The quantitative estimate of drug-likeness (QED) is 0.423. The Morgan fingerprint density at radius 1 is 1.73 bits per heavy atom. The number of esters is 1. The number of carbonyl (C=O) groups is 1. The molecule has 1 aromatic rings. The third-order valence-electron chi connectivity index (χ3n) is 1.34. The van der Waals surface area contributed by atoms with Crippen molar-refractivity contribution < 1.29 is 13.9 Å². The molecule has 0 amide bonds. The van der Waals surface area contributed by atoms with E-state index in [-0.39, 0.29) is 5.66 Å². The maximum Gasteiger partial charge on any atom is 0.341 e. The van der Waals surface area contributed by atoms with Crippen LogP contribution >= 0.6 is 0 Å². The molecule has 1 aromatic heterocycles. The number of furan rings is 1. The van der Waals surface area contributed by atoms with Gasteiger partial charge in [0, 0.05) is 5.66 Å². The molecular formula is C7H7BO3. The first-order valence-electron chi connectivity index (χ1n) is 3.09. The van der Waals surface area contributed by atoms with Gasteiger partial charge in [0.25, 0.3) is 0 Å². The standard InChI is InChI=1S/C7H7BO3/c1-4-5(7(9)10-2)3-6(8)11-4/h3H,1-2H3. The molecule has 2 radical (unpaired) electrons. The second-order valence-corrected chi connectivity index (χ2v) is 2.11. The van der Waals surface area contributed by atoms with Crippen LogP contribution in [0.1, 0.15) is 16.1 Å². The molecule has 0 aliphatic carbocycles. The minimum absolute atomic E-state index is 0.225. The molecule has 0 atom stereocenters. The van der Waals surface area contributed by atoms with E-state index in [1.54, 1.807) is 6.92 Å². The second-order valence-electron chi connectivity index (χ2n) is 2.11. The monoisotopic (exact) mass is 150 g/mol. The number of aryl methyl sites for hydroxylation is 1. The Kier molecular flexibility index (Phi) is 2.03. The summed E-state index contributed by atoms with van der Waals surface area (Å²) in [6.45, 7) is 1.66. The Hall–Kier alpha value is -1.19. The lowest BCUT2D eigenvalue weighted by Crippen LogP contribution is -2.01. The second kappa shape index (κ2) is 2.82. The molecule has 0 aromatic carbocycles. The van der Waals surface area contributed by atoms with Crippen molar-refractivity contribution in [1.29, 1.82) is 0 Å². The smallest absolute Gasteiger partial charge is 0.341 e. The third kappa shape index (κ3) is 1.45. The van der Waals surface area contributed by atoms with Crippen molar-refractivity contribution in [1.82, 2.24) is 0 Å². The highest BCUT2D eigenvalue weighted by Crippen LogP contribution is 2.07. The van der Waals surface area contributed by atoms with Crippen molar-refractivity contribution in [3.05, 3.63) is 17.4 Å². The summed E-state index contributed by atoms with van der Waals surface area (Å²) in [5.74, 6) is 0.0531. The summed E-state index contributed by atoms with van der Waals surface area (Å²) in [5.41, 5.74) is 0.605. The van der Waals surface area contributed by atoms with Gasteiger partial charge in [-0.25, -0.2) is 4.79 Å². The number of hydrogen-bond acceptors (Lipinski definition) is 3. The lowest BCUT2D eigenvalue weighted by atomic mass is 10.1. The first-order chi connectivity index (χ1) is 5.15. The van der Waals surface area contributed by atoms with Gasteiger partial charge in [0.2, 0.25) is 0 Å². The SMILES string of the molecule is [B]c1cc(C(=O)OC)c(C)o1. The van der Waals surface area contributed by atoms with E-state index < -0.39 is 5.97 Å². The highest BCUT2D eigenvalue weighted by Gasteiger charge is 2.12. The van der Waals surface area contributed by atoms with Gasteiger partial charge in [-0.1, -0.05) is 0 Å². The summed E-state index contributed by atoms with van der Waals surface area (Å²) in [6, 6.07) is 1.45. The summed E-state index contributed by atoms with van der Waals surface area (Å²) in [6.07, 6.45) is 0. The number of rotatable bonds is 1. The highest BCUT2D eigenvalue weighted by molar-refractivity contribution is 6.30. The maximum atomic E-state index is 10.9. The van der Waals surface area contributed by atoms with Crippen LogP contribution in [0.4, 0.5) is 0 Å². The highest BCUT2D eigenvalue weighted by atomic mass is 16.5. The van der Waals surface area contributed by atoms with Crippen LogP contribution in [-0.2, 0) is 4.74 Å². The average molecular weight is 150 g/mol. The van der Waals surface area contributed by atoms with Crippen LogP contribution in [0.15, 0.2) is 10.5 Å². The molecular weight excluding hydrogens is 143 g/mol. The Bertz CT molecular complexity index is 277. The largest absolute Gasteiger partial charge is 0.477 e. The van der Waals surface area contributed by atoms with Crippen LogP contribution in [0, 0.1) is 6.92 Å². The lowest BCUT2D eigenvalue weighted by molar-refractivity contribution is 0.0599. The minimum atomic E-state index is -0.428. The molecule has 0 N–H and O–H groups in total. The van der Waals surface area contributed by atoms with Gasteiger partial charge in [0.05, 0.1) is 12.7 Å². The number of methoxy groups -OCH3 is 1. The van der Waals surface area contributed by atoms with E-state index in [1.165, 1.54) is 13.2 Å². The number of hydrogen-bond donors (Lipinski definition) is 0. The Morgan fingerprint density at radius 3 is 2.73 bits per heavy atom. The molecule has 11 heavy (non-hydrogen) atoms. The Balaban J connectivity index is 3.03. The lowest BCUT2D eigenvalue weighted by Gasteiger charge is -1.93. The fraction of sp³-hybridized carbons (Fsp3) is 0.286. The third-order valence-corrected chi connectivity index (χ3v) is 1.34. The van der Waals surface area contributed by atoms with Crippen molar-refractivity contribution >= 4 is 19.5 Å². The van der Waals surface area contributed by atoms with Crippen LogP contribution in [-0.4, -0.2) is 20.9 Å². The summed E-state index contributed by atoms with van der Waals surface area (Å²) < 4.78 is 9.39. The predicted octanol–water partition coefficient (Wildman–Crippen LogP) is 0.168. The topological polar surface area (TPSA) is 39.4 Å². The predicted molar refractivity (Wildman–Crippen MR) is 40.2 cm³/mol. The van der Waals surface area contributed by atoms with Gasteiger partial charge < -0.3 is 9.15 Å². The fourth-order valence-corrected chi connectivity index (χ4v) is 0.818.